The van der Waals surface area contributed by atoms with Crippen molar-refractivity contribution < 1.29 is 9.18 Å². The van der Waals surface area contributed by atoms with Crippen LogP contribution in [0.2, 0.25) is 0 Å². The number of thiazole rings is 1. The average Bonchev–Trinajstić information content (AvgIpc) is 3.23. The predicted molar refractivity (Wildman–Crippen MR) is 90.8 cm³/mol. The van der Waals surface area contributed by atoms with E-state index in [1.54, 1.807) is 23.5 Å². The van der Waals surface area contributed by atoms with Gasteiger partial charge in [0.15, 0.2) is 0 Å². The number of hydrogen-bond acceptors (Lipinski definition) is 3. The number of rotatable bonds is 6. The number of hydrogen-bond donors (Lipinski definition) is 1. The van der Waals surface area contributed by atoms with E-state index in [1.165, 1.54) is 37.8 Å². The average molecular weight is 332 g/mol. The van der Waals surface area contributed by atoms with Crippen molar-refractivity contribution in [3.63, 3.8) is 0 Å². The van der Waals surface area contributed by atoms with E-state index < -0.39 is 0 Å². The molecule has 23 heavy (non-hydrogen) atoms. The molecular formula is C18H21FN2OS. The summed E-state index contributed by atoms with van der Waals surface area (Å²) < 4.78 is 12.9. The highest BCUT2D eigenvalue weighted by molar-refractivity contribution is 7.09. The maximum atomic E-state index is 12.9. The quantitative estimate of drug-likeness (QED) is 0.862. The fourth-order valence-corrected chi connectivity index (χ4v) is 3.77. The number of aromatic nitrogens is 1. The van der Waals surface area contributed by atoms with E-state index in [2.05, 4.69) is 10.3 Å². The van der Waals surface area contributed by atoms with Gasteiger partial charge in [-0.25, -0.2) is 9.37 Å². The molecule has 0 atom stereocenters. The Bertz CT molecular complexity index is 647. The fraction of sp³-hybridized carbons (Fsp3) is 0.444. The smallest absolute Gasteiger partial charge is 0.220 e. The molecule has 1 heterocycles. The Morgan fingerprint density at radius 3 is 2.74 bits per heavy atom. The van der Waals surface area contributed by atoms with E-state index >= 15 is 0 Å². The molecule has 0 spiro atoms. The fourth-order valence-electron chi connectivity index (χ4n) is 2.96. The van der Waals surface area contributed by atoms with Gasteiger partial charge < -0.3 is 5.32 Å². The Morgan fingerprint density at radius 2 is 2.00 bits per heavy atom. The minimum absolute atomic E-state index is 0.107. The second kappa shape index (κ2) is 7.68. The van der Waals surface area contributed by atoms with E-state index in [0.717, 1.165) is 22.8 Å². The van der Waals surface area contributed by atoms with Crippen LogP contribution in [0, 0.1) is 11.7 Å². The van der Waals surface area contributed by atoms with Crippen LogP contribution in [0.4, 0.5) is 4.39 Å². The number of carbonyl (C=O) groups is 1. The number of aryl methyl sites for hydroxylation is 1. The summed E-state index contributed by atoms with van der Waals surface area (Å²) in [4.78, 5) is 16.4. The molecule has 3 nitrogen and oxygen atoms in total. The van der Waals surface area contributed by atoms with Crippen molar-refractivity contribution in [3.8, 4) is 11.3 Å². The molecule has 0 radical (unpaired) electrons. The highest BCUT2D eigenvalue weighted by Gasteiger charge is 2.15. The van der Waals surface area contributed by atoms with Gasteiger partial charge >= 0.3 is 0 Å². The van der Waals surface area contributed by atoms with Crippen LogP contribution in [-0.2, 0) is 11.2 Å². The molecule has 1 aliphatic carbocycles. The molecule has 3 rings (SSSR count). The van der Waals surface area contributed by atoms with Gasteiger partial charge in [0.2, 0.25) is 5.91 Å². The van der Waals surface area contributed by atoms with Gasteiger partial charge in [-0.2, -0.15) is 0 Å². The molecule has 0 saturated heterocycles. The molecule has 0 unspecified atom stereocenters. The molecule has 2 aromatic rings. The van der Waals surface area contributed by atoms with Gasteiger partial charge in [-0.05, 0) is 43.0 Å². The molecule has 1 saturated carbocycles. The number of benzene rings is 1. The van der Waals surface area contributed by atoms with Crippen molar-refractivity contribution in [2.45, 2.75) is 38.5 Å². The van der Waals surface area contributed by atoms with Gasteiger partial charge in [0, 0.05) is 30.3 Å². The first kappa shape index (κ1) is 16.1. The summed E-state index contributed by atoms with van der Waals surface area (Å²) >= 11 is 1.55. The summed E-state index contributed by atoms with van der Waals surface area (Å²) in [5.41, 5.74) is 1.75. The Balaban J connectivity index is 1.47. The largest absolute Gasteiger partial charge is 0.356 e. The Kier molecular flexibility index (Phi) is 5.39. The first-order valence-electron chi connectivity index (χ1n) is 8.18. The highest BCUT2D eigenvalue weighted by Crippen LogP contribution is 2.24. The molecule has 1 aromatic carbocycles. The Morgan fingerprint density at radius 1 is 1.26 bits per heavy atom. The maximum Gasteiger partial charge on any atom is 0.220 e. The third-order valence-corrected chi connectivity index (χ3v) is 5.23. The number of carbonyl (C=O) groups excluding carboxylic acids is 1. The molecule has 1 fully saturated rings. The molecule has 1 N–H and O–H groups in total. The molecule has 1 aromatic heterocycles. The van der Waals surface area contributed by atoms with Gasteiger partial charge in [-0.3, -0.25) is 4.79 Å². The molecule has 5 heteroatoms. The topological polar surface area (TPSA) is 42.0 Å². The lowest BCUT2D eigenvalue weighted by molar-refractivity contribution is -0.121. The molecule has 0 aliphatic heterocycles. The standard InChI is InChI=1S/C18H21FN2OS/c19-15-7-5-14(6-8-15)16-12-23-18(21-16)10-9-17(22)20-11-13-3-1-2-4-13/h5-8,12-13H,1-4,9-11H2,(H,20,22). The van der Waals surface area contributed by atoms with E-state index in [0.29, 0.717) is 18.8 Å². The Labute approximate surface area is 140 Å². The predicted octanol–water partition coefficient (Wildman–Crippen LogP) is 4.19. The van der Waals surface area contributed by atoms with Crippen LogP contribution < -0.4 is 5.32 Å². The highest BCUT2D eigenvalue weighted by atomic mass is 32.1. The van der Waals surface area contributed by atoms with Crippen LogP contribution in [0.3, 0.4) is 0 Å². The van der Waals surface area contributed by atoms with E-state index in [1.807, 2.05) is 5.38 Å². The van der Waals surface area contributed by atoms with E-state index in [4.69, 9.17) is 0 Å². The lowest BCUT2D eigenvalue weighted by Gasteiger charge is -2.09. The summed E-state index contributed by atoms with van der Waals surface area (Å²) in [7, 11) is 0. The van der Waals surface area contributed by atoms with Crippen LogP contribution in [0.1, 0.15) is 37.1 Å². The second-order valence-corrected chi connectivity index (χ2v) is 7.03. The summed E-state index contributed by atoms with van der Waals surface area (Å²) in [5.74, 6) is 0.530. The van der Waals surface area contributed by atoms with Crippen molar-refractivity contribution in [1.82, 2.24) is 10.3 Å². The third kappa shape index (κ3) is 4.61. The lowest BCUT2D eigenvalue weighted by atomic mass is 10.1. The van der Waals surface area contributed by atoms with Gasteiger partial charge in [-0.15, -0.1) is 11.3 Å². The van der Waals surface area contributed by atoms with Crippen LogP contribution >= 0.6 is 11.3 Å². The summed E-state index contributed by atoms with van der Waals surface area (Å²) in [6.07, 6.45) is 6.21. The lowest BCUT2D eigenvalue weighted by Crippen LogP contribution is -2.28. The van der Waals surface area contributed by atoms with E-state index in [9.17, 15) is 9.18 Å². The number of halogens is 1. The molecule has 122 valence electrons. The normalized spacial score (nSPS) is 15.0. The number of amides is 1. The molecule has 0 bridgehead atoms. The van der Waals surface area contributed by atoms with Gasteiger partial charge in [-0.1, -0.05) is 12.8 Å². The molecular weight excluding hydrogens is 311 g/mol. The number of nitrogens with zero attached hydrogens (tertiary/aromatic N) is 1. The zero-order chi connectivity index (χ0) is 16.1. The summed E-state index contributed by atoms with van der Waals surface area (Å²) in [6, 6.07) is 6.32. The first-order valence-corrected chi connectivity index (χ1v) is 9.06. The van der Waals surface area contributed by atoms with Crippen molar-refractivity contribution >= 4 is 17.2 Å². The van der Waals surface area contributed by atoms with E-state index in [-0.39, 0.29) is 11.7 Å². The van der Waals surface area contributed by atoms with Crippen molar-refractivity contribution in [2.75, 3.05) is 6.54 Å². The first-order chi connectivity index (χ1) is 11.2. The summed E-state index contributed by atoms with van der Waals surface area (Å²) in [5, 5.41) is 5.94. The van der Waals surface area contributed by atoms with Crippen molar-refractivity contribution in [3.05, 3.63) is 40.5 Å². The SMILES string of the molecule is O=C(CCc1nc(-c2ccc(F)cc2)cs1)NCC1CCCC1. The van der Waals surface area contributed by atoms with Crippen LogP contribution in [-0.4, -0.2) is 17.4 Å². The van der Waals surface area contributed by atoms with Crippen molar-refractivity contribution in [1.29, 1.82) is 0 Å². The monoisotopic (exact) mass is 332 g/mol. The Hall–Kier alpha value is -1.75. The van der Waals surface area contributed by atoms with Crippen molar-refractivity contribution in [2.24, 2.45) is 5.92 Å². The van der Waals surface area contributed by atoms with Gasteiger partial charge in [0.05, 0.1) is 10.7 Å². The maximum absolute atomic E-state index is 12.9. The molecule has 1 aliphatic rings. The number of nitrogens with one attached hydrogen (secondary N) is 1. The molecule has 1 amide bonds. The second-order valence-electron chi connectivity index (χ2n) is 6.09. The zero-order valence-electron chi connectivity index (χ0n) is 13.1. The van der Waals surface area contributed by atoms with Gasteiger partial charge in [0.25, 0.3) is 0 Å². The minimum Gasteiger partial charge on any atom is -0.356 e. The zero-order valence-corrected chi connectivity index (χ0v) is 13.9. The summed E-state index contributed by atoms with van der Waals surface area (Å²) in [6.45, 7) is 0.817. The van der Waals surface area contributed by atoms with Crippen LogP contribution in [0.15, 0.2) is 29.6 Å². The van der Waals surface area contributed by atoms with Crippen LogP contribution in [0.25, 0.3) is 11.3 Å². The van der Waals surface area contributed by atoms with Gasteiger partial charge in [0.1, 0.15) is 5.82 Å². The minimum atomic E-state index is -0.247. The van der Waals surface area contributed by atoms with Crippen LogP contribution in [0.5, 0.6) is 0 Å². The third-order valence-electron chi connectivity index (χ3n) is 4.32.